The molecule has 38 heavy (non-hydrogen) atoms. The third-order valence-corrected chi connectivity index (χ3v) is 8.47. The topological polar surface area (TPSA) is 0 Å². The molecule has 0 atom stereocenters. The summed E-state index contributed by atoms with van der Waals surface area (Å²) in [6.45, 7) is 6.54. The van der Waals surface area contributed by atoms with Crippen LogP contribution in [-0.2, 0) is 5.41 Å². The van der Waals surface area contributed by atoms with Crippen molar-refractivity contribution in [2.45, 2.75) is 26.2 Å². The van der Waals surface area contributed by atoms with Crippen LogP contribution >= 0.6 is 0 Å². The van der Waals surface area contributed by atoms with Gasteiger partial charge in [-0.1, -0.05) is 139 Å². The Hall–Kier alpha value is -4.42. The Morgan fingerprint density at radius 2 is 0.947 bits per heavy atom. The van der Waals surface area contributed by atoms with Crippen molar-refractivity contribution in [3.63, 3.8) is 0 Å². The molecule has 0 saturated carbocycles. The largest absolute Gasteiger partial charge is 0.0713 e. The molecule has 0 bridgehead atoms. The molecule has 1 aliphatic rings. The van der Waals surface area contributed by atoms with Gasteiger partial charge in [0.1, 0.15) is 0 Å². The van der Waals surface area contributed by atoms with E-state index in [1.165, 1.54) is 72.0 Å². The average molecular weight is 487 g/mol. The Morgan fingerprint density at radius 3 is 1.63 bits per heavy atom. The molecule has 0 unspecified atom stereocenters. The van der Waals surface area contributed by atoms with Crippen molar-refractivity contribution in [1.82, 2.24) is 0 Å². The summed E-state index contributed by atoms with van der Waals surface area (Å²) in [5, 5.41) is 2.62. The van der Waals surface area contributed by atoms with E-state index in [0.717, 1.165) is 0 Å². The lowest BCUT2D eigenvalue weighted by Gasteiger charge is -2.34. The number of benzene rings is 6. The van der Waals surface area contributed by atoms with E-state index in [2.05, 4.69) is 148 Å². The van der Waals surface area contributed by atoms with Gasteiger partial charge in [-0.05, 0) is 81.6 Å². The highest BCUT2D eigenvalue weighted by Gasteiger charge is 2.46. The minimum absolute atomic E-state index is 0.385. The van der Waals surface area contributed by atoms with Gasteiger partial charge in [0.25, 0.3) is 0 Å². The van der Waals surface area contributed by atoms with E-state index >= 15 is 0 Å². The maximum absolute atomic E-state index is 2.36. The maximum atomic E-state index is 2.36. The first-order valence-corrected chi connectivity index (χ1v) is 13.5. The highest BCUT2D eigenvalue weighted by molar-refractivity contribution is 6.04. The van der Waals surface area contributed by atoms with Gasteiger partial charge in [0.2, 0.25) is 0 Å². The minimum atomic E-state index is -0.385. The summed E-state index contributed by atoms with van der Waals surface area (Å²) in [5.74, 6) is 0. The van der Waals surface area contributed by atoms with Gasteiger partial charge < -0.3 is 0 Å². The van der Waals surface area contributed by atoms with Gasteiger partial charge in [-0.15, -0.1) is 0 Å². The lowest BCUT2D eigenvalue weighted by Crippen LogP contribution is -2.28. The van der Waals surface area contributed by atoms with Gasteiger partial charge in [0.05, 0.1) is 5.41 Å². The molecule has 0 amide bonds. The molecular weight excluding hydrogens is 456 g/mol. The Morgan fingerprint density at radius 1 is 0.395 bits per heavy atom. The summed E-state index contributed by atoms with van der Waals surface area (Å²) in [6.07, 6.45) is 0. The third-order valence-electron chi connectivity index (χ3n) is 8.47. The van der Waals surface area contributed by atoms with E-state index in [0.29, 0.717) is 0 Å². The van der Waals surface area contributed by atoms with E-state index in [1.807, 2.05) is 0 Å². The van der Waals surface area contributed by atoms with Crippen LogP contribution in [0.4, 0.5) is 0 Å². The van der Waals surface area contributed by atoms with Crippen LogP contribution in [0.15, 0.2) is 127 Å². The number of hydrogen-bond donors (Lipinski definition) is 0. The molecule has 0 N–H and O–H groups in total. The molecular formula is C38H30. The van der Waals surface area contributed by atoms with E-state index in [4.69, 9.17) is 0 Å². The van der Waals surface area contributed by atoms with Crippen LogP contribution in [-0.4, -0.2) is 0 Å². The van der Waals surface area contributed by atoms with Crippen molar-refractivity contribution < 1.29 is 0 Å². The van der Waals surface area contributed by atoms with Crippen LogP contribution in [0.2, 0.25) is 0 Å². The Labute approximate surface area is 225 Å². The van der Waals surface area contributed by atoms with E-state index in [9.17, 15) is 0 Å². The van der Waals surface area contributed by atoms with Gasteiger partial charge in [-0.3, -0.25) is 0 Å². The van der Waals surface area contributed by atoms with Crippen molar-refractivity contribution in [1.29, 1.82) is 0 Å². The molecule has 0 aromatic heterocycles. The molecule has 6 aromatic rings. The molecule has 0 radical (unpaired) electrons. The summed E-state index contributed by atoms with van der Waals surface area (Å²) < 4.78 is 0. The van der Waals surface area contributed by atoms with Crippen LogP contribution in [0.1, 0.15) is 38.9 Å². The van der Waals surface area contributed by atoms with Crippen molar-refractivity contribution >= 4 is 10.8 Å². The molecule has 7 rings (SSSR count). The molecule has 6 aromatic carbocycles. The zero-order valence-corrected chi connectivity index (χ0v) is 22.1. The Balaban J connectivity index is 1.63. The van der Waals surface area contributed by atoms with Crippen LogP contribution in [0, 0.1) is 20.8 Å². The molecule has 0 fully saturated rings. The van der Waals surface area contributed by atoms with Crippen LogP contribution in [0.5, 0.6) is 0 Å². The molecule has 0 saturated heterocycles. The van der Waals surface area contributed by atoms with Gasteiger partial charge >= 0.3 is 0 Å². The highest BCUT2D eigenvalue weighted by Crippen LogP contribution is 2.58. The van der Waals surface area contributed by atoms with Crippen molar-refractivity contribution in [3.05, 3.63) is 166 Å². The maximum Gasteiger partial charge on any atom is 0.0713 e. The predicted octanol–water partition coefficient (Wildman–Crippen LogP) is 9.80. The summed E-state index contributed by atoms with van der Waals surface area (Å²) in [5.41, 5.74) is 14.1. The van der Waals surface area contributed by atoms with Crippen LogP contribution in [0.3, 0.4) is 0 Å². The Bertz CT molecular complexity index is 1770. The molecule has 1 aliphatic carbocycles. The summed E-state index contributed by atoms with van der Waals surface area (Å²) >= 11 is 0. The molecule has 0 heteroatoms. The van der Waals surface area contributed by atoms with Gasteiger partial charge in [-0.25, -0.2) is 0 Å². The SMILES string of the molecule is Cc1ccc(C2(c3ccc(C)cc3)c3ccccc3-c3c(-c4ccc(C)c5ccccc45)cccc32)cc1. The zero-order chi connectivity index (χ0) is 25.9. The van der Waals surface area contributed by atoms with E-state index < -0.39 is 0 Å². The second kappa shape index (κ2) is 8.57. The van der Waals surface area contributed by atoms with E-state index in [1.54, 1.807) is 0 Å². The number of fused-ring (bicyclic) bond motifs is 4. The standard InChI is InChI=1S/C38H30/c1-25-15-20-28(21-16-25)38(29-22-17-26(2)18-23-29)35-13-7-6-11-34(35)37-33(12-8-14-36(37)38)32-24-19-27(3)30-9-4-5-10-31(30)32/h4-24H,1-3H3. The van der Waals surface area contributed by atoms with Crippen LogP contribution < -0.4 is 0 Å². The molecule has 182 valence electrons. The summed E-state index contributed by atoms with van der Waals surface area (Å²) in [7, 11) is 0. The number of rotatable bonds is 3. The van der Waals surface area contributed by atoms with Gasteiger partial charge in [-0.2, -0.15) is 0 Å². The first-order valence-electron chi connectivity index (χ1n) is 13.5. The average Bonchev–Trinajstić information content (AvgIpc) is 3.26. The second-order valence-corrected chi connectivity index (χ2v) is 10.7. The van der Waals surface area contributed by atoms with Gasteiger partial charge in [0.15, 0.2) is 0 Å². The molecule has 0 aliphatic heterocycles. The Kier molecular flexibility index (Phi) is 5.13. The monoisotopic (exact) mass is 486 g/mol. The van der Waals surface area contributed by atoms with Crippen molar-refractivity contribution in [2.75, 3.05) is 0 Å². The van der Waals surface area contributed by atoms with Crippen molar-refractivity contribution in [2.24, 2.45) is 0 Å². The predicted molar refractivity (Wildman–Crippen MR) is 161 cm³/mol. The fourth-order valence-corrected chi connectivity index (χ4v) is 6.63. The molecule has 0 nitrogen and oxygen atoms in total. The first-order chi connectivity index (χ1) is 18.6. The summed E-state index contributed by atoms with van der Waals surface area (Å²) in [6, 6.07) is 47.7. The summed E-state index contributed by atoms with van der Waals surface area (Å²) in [4.78, 5) is 0. The molecule has 0 heterocycles. The highest BCUT2D eigenvalue weighted by atomic mass is 14.5. The van der Waals surface area contributed by atoms with E-state index in [-0.39, 0.29) is 5.41 Å². The van der Waals surface area contributed by atoms with Crippen LogP contribution in [0.25, 0.3) is 33.0 Å². The first kappa shape index (κ1) is 22.8. The molecule has 0 spiro atoms. The quantitative estimate of drug-likeness (QED) is 0.233. The minimum Gasteiger partial charge on any atom is -0.0619 e. The second-order valence-electron chi connectivity index (χ2n) is 10.7. The third kappa shape index (κ3) is 3.17. The number of aryl methyl sites for hydroxylation is 3. The number of hydrogen-bond acceptors (Lipinski definition) is 0. The normalized spacial score (nSPS) is 13.3. The lowest BCUT2D eigenvalue weighted by atomic mass is 9.67. The van der Waals surface area contributed by atoms with Crippen molar-refractivity contribution in [3.8, 4) is 22.3 Å². The zero-order valence-electron chi connectivity index (χ0n) is 22.1. The van der Waals surface area contributed by atoms with Gasteiger partial charge in [0, 0.05) is 0 Å². The fraction of sp³-hybridized carbons (Fsp3) is 0.105. The lowest BCUT2D eigenvalue weighted by molar-refractivity contribution is 0.767. The smallest absolute Gasteiger partial charge is 0.0619 e. The fourth-order valence-electron chi connectivity index (χ4n) is 6.63.